The zero-order valence-corrected chi connectivity index (χ0v) is 11.8. The lowest BCUT2D eigenvalue weighted by Crippen LogP contribution is -2.41. The lowest BCUT2D eigenvalue weighted by molar-refractivity contribution is -0.654. The molecule has 0 spiro atoms. The van der Waals surface area contributed by atoms with E-state index in [0.717, 1.165) is 12.1 Å². The van der Waals surface area contributed by atoms with Gasteiger partial charge in [-0.1, -0.05) is 15.9 Å². The Morgan fingerprint density at radius 1 is 1.37 bits per heavy atom. The molecule has 6 nitrogen and oxygen atoms in total. The van der Waals surface area contributed by atoms with Crippen LogP contribution in [0.5, 0.6) is 0 Å². The lowest BCUT2D eigenvalue weighted by Gasteiger charge is -2.15. The average Bonchev–Trinajstić information content (AvgIpc) is 2.28. The Kier molecular flexibility index (Phi) is 4.59. The molecule has 1 aromatic rings. The largest absolute Gasteiger partial charge is 0.538 e. The quantitative estimate of drug-likeness (QED) is 0.348. The van der Waals surface area contributed by atoms with E-state index in [1.807, 2.05) is 0 Å². The van der Waals surface area contributed by atoms with Crippen LogP contribution in [-0.2, 0) is 14.3 Å². The van der Waals surface area contributed by atoms with Gasteiger partial charge in [-0.3, -0.25) is 10.1 Å². The molecule has 0 aliphatic carbocycles. The van der Waals surface area contributed by atoms with E-state index in [1.54, 1.807) is 0 Å². The van der Waals surface area contributed by atoms with Crippen LogP contribution in [0.3, 0.4) is 0 Å². The summed E-state index contributed by atoms with van der Waals surface area (Å²) in [6.07, 6.45) is -2.42. The van der Waals surface area contributed by atoms with Gasteiger partial charge < -0.3 is 0 Å². The van der Waals surface area contributed by atoms with E-state index in [0.29, 0.717) is 11.4 Å². The molecule has 10 heteroatoms. The van der Waals surface area contributed by atoms with Gasteiger partial charge in [0.05, 0.1) is 9.82 Å². The molecule has 0 heterocycles. The molecule has 0 N–H and O–H groups in total. The zero-order valence-electron chi connectivity index (χ0n) is 9.42. The Morgan fingerprint density at radius 3 is 2.26 bits per heavy atom. The summed E-state index contributed by atoms with van der Waals surface area (Å²) in [6.45, 7) is 0.610. The van der Waals surface area contributed by atoms with Gasteiger partial charge in [0.2, 0.25) is 6.10 Å². The van der Waals surface area contributed by atoms with Gasteiger partial charge in [-0.25, -0.2) is 4.18 Å². The van der Waals surface area contributed by atoms with Crippen molar-refractivity contribution in [2.45, 2.75) is 24.0 Å². The minimum absolute atomic E-state index is 0.373. The summed E-state index contributed by atoms with van der Waals surface area (Å²) >= 11 is 3.07. The van der Waals surface area contributed by atoms with E-state index in [2.05, 4.69) is 20.1 Å². The van der Waals surface area contributed by atoms with Gasteiger partial charge in [-0.05, 0) is 31.2 Å². The fourth-order valence-electron chi connectivity index (χ4n) is 1.05. The number of benzene rings is 1. The molecule has 0 saturated carbocycles. The summed E-state index contributed by atoms with van der Waals surface area (Å²) in [4.78, 5) is 7.84. The van der Waals surface area contributed by atoms with Crippen molar-refractivity contribution in [3.8, 4) is 0 Å². The van der Waals surface area contributed by atoms with Crippen molar-refractivity contribution in [2.75, 3.05) is 0 Å². The number of nitrogens with zero attached hydrogens (tertiary/aromatic N) is 1. The maximum atomic E-state index is 13.0. The summed E-state index contributed by atoms with van der Waals surface area (Å²) in [5, 5.41) is 10.1. The lowest BCUT2D eigenvalue weighted by atomic mass is 10.4. The van der Waals surface area contributed by atoms with E-state index in [1.165, 1.54) is 12.1 Å². The van der Waals surface area contributed by atoms with Gasteiger partial charge in [-0.15, -0.1) is 8.78 Å². The fraction of sp³-hybridized carbons (Fsp3) is 0.333. The van der Waals surface area contributed by atoms with Crippen LogP contribution in [0.4, 0.5) is 8.78 Å². The first kappa shape index (κ1) is 15.9. The van der Waals surface area contributed by atoms with Gasteiger partial charge in [0.1, 0.15) is 0 Å². The predicted molar refractivity (Wildman–Crippen MR) is 63.8 cm³/mol. The van der Waals surface area contributed by atoms with E-state index >= 15 is 0 Å². The number of halogens is 3. The highest BCUT2D eigenvalue weighted by molar-refractivity contribution is 9.10. The van der Waals surface area contributed by atoms with Gasteiger partial charge >= 0.3 is 6.05 Å². The molecule has 1 rings (SSSR count). The first-order chi connectivity index (χ1) is 8.57. The smallest absolute Gasteiger partial charge is 0.259 e. The van der Waals surface area contributed by atoms with Crippen molar-refractivity contribution in [3.05, 3.63) is 38.9 Å². The van der Waals surface area contributed by atoms with Crippen LogP contribution < -0.4 is 0 Å². The highest BCUT2D eigenvalue weighted by Crippen LogP contribution is 2.26. The molecule has 1 atom stereocenters. The van der Waals surface area contributed by atoms with Crippen LogP contribution in [0.2, 0.25) is 0 Å². The minimum Gasteiger partial charge on any atom is -0.259 e. The average molecular weight is 360 g/mol. The Morgan fingerprint density at radius 2 is 1.84 bits per heavy atom. The minimum atomic E-state index is -4.50. The first-order valence-corrected chi connectivity index (χ1v) is 6.98. The second kappa shape index (κ2) is 5.47. The van der Waals surface area contributed by atoms with Gasteiger partial charge in [-0.2, -0.15) is 8.42 Å². The standard InChI is InChI=1S/C9H8BrF2NO5S/c1-6(9(11,12)13(14)15)18-19(16,17)8-4-2-7(10)3-5-8/h2-6H,1H3/t6-/m1/s1. The Balaban J connectivity index is 2.98. The van der Waals surface area contributed by atoms with Crippen molar-refractivity contribution in [1.29, 1.82) is 0 Å². The van der Waals surface area contributed by atoms with Crippen LogP contribution in [0.15, 0.2) is 33.6 Å². The maximum Gasteiger partial charge on any atom is 0.538 e. The van der Waals surface area contributed by atoms with E-state index in [9.17, 15) is 27.3 Å². The second-order valence-electron chi connectivity index (χ2n) is 3.49. The Hall–Kier alpha value is -1.13. The zero-order chi connectivity index (χ0) is 14.8. The van der Waals surface area contributed by atoms with E-state index in [-0.39, 0.29) is 4.90 Å². The van der Waals surface area contributed by atoms with Gasteiger partial charge in [0.15, 0.2) is 0 Å². The van der Waals surface area contributed by atoms with Gasteiger partial charge in [0, 0.05) is 4.47 Å². The second-order valence-corrected chi connectivity index (χ2v) is 5.98. The van der Waals surface area contributed by atoms with Crippen molar-refractivity contribution >= 4 is 26.0 Å². The number of hydrogen-bond donors (Lipinski definition) is 0. The molecule has 0 aliphatic rings. The van der Waals surface area contributed by atoms with Crippen molar-refractivity contribution in [3.63, 3.8) is 0 Å². The SMILES string of the molecule is C[C@@H](OS(=O)(=O)c1ccc(Br)cc1)C(F)(F)[N+](=O)[O-]. The molecule has 0 unspecified atom stereocenters. The third-order valence-corrected chi connectivity index (χ3v) is 4.03. The highest BCUT2D eigenvalue weighted by Gasteiger charge is 2.53. The molecular weight excluding hydrogens is 352 g/mol. The normalized spacial score (nSPS) is 14.1. The number of hydrogen-bond acceptors (Lipinski definition) is 5. The molecule has 0 bridgehead atoms. The predicted octanol–water partition coefficient (Wildman–Crippen LogP) is 2.41. The summed E-state index contributed by atoms with van der Waals surface area (Å²) in [7, 11) is -4.50. The molecule has 0 fully saturated rings. The van der Waals surface area contributed by atoms with Crippen LogP contribution >= 0.6 is 15.9 Å². The van der Waals surface area contributed by atoms with E-state index < -0.39 is 27.2 Å². The third kappa shape index (κ3) is 3.67. The fourth-order valence-corrected chi connectivity index (χ4v) is 2.39. The molecule has 0 amide bonds. The monoisotopic (exact) mass is 359 g/mol. The molecule has 0 aromatic heterocycles. The van der Waals surface area contributed by atoms with Crippen molar-refractivity contribution in [1.82, 2.24) is 0 Å². The van der Waals surface area contributed by atoms with Crippen LogP contribution in [-0.4, -0.2) is 25.5 Å². The van der Waals surface area contributed by atoms with Crippen LogP contribution in [0.1, 0.15) is 6.92 Å². The van der Waals surface area contributed by atoms with Crippen molar-refractivity contribution < 1.29 is 26.3 Å². The summed E-state index contributed by atoms with van der Waals surface area (Å²) in [6, 6.07) is 0.481. The maximum absolute atomic E-state index is 13.0. The van der Waals surface area contributed by atoms with Crippen molar-refractivity contribution in [2.24, 2.45) is 0 Å². The molecule has 19 heavy (non-hydrogen) atoms. The number of rotatable bonds is 5. The number of nitro groups is 1. The van der Waals surface area contributed by atoms with Gasteiger partial charge in [0.25, 0.3) is 10.1 Å². The first-order valence-electron chi connectivity index (χ1n) is 4.78. The Bertz CT molecular complexity index is 575. The Labute approximate surface area is 115 Å². The van der Waals surface area contributed by atoms with E-state index in [4.69, 9.17) is 0 Å². The van der Waals surface area contributed by atoms with Crippen LogP contribution in [0.25, 0.3) is 0 Å². The number of alkyl halides is 2. The topological polar surface area (TPSA) is 86.5 Å². The molecule has 1 aromatic carbocycles. The third-order valence-electron chi connectivity index (χ3n) is 2.11. The summed E-state index contributed by atoms with van der Waals surface area (Å²) in [5.41, 5.74) is 0. The molecule has 106 valence electrons. The molecule has 0 aliphatic heterocycles. The van der Waals surface area contributed by atoms with Crippen LogP contribution in [0, 0.1) is 10.1 Å². The molecular formula is C9H8BrF2NO5S. The summed E-state index contributed by atoms with van der Waals surface area (Å²) < 4.78 is 53.9. The highest BCUT2D eigenvalue weighted by atomic mass is 79.9. The molecule has 0 radical (unpaired) electrons. The summed E-state index contributed by atoms with van der Waals surface area (Å²) in [5.74, 6) is 0. The molecule has 0 saturated heterocycles.